The monoisotopic (exact) mass is 370 g/mol. The molecule has 27 heavy (non-hydrogen) atoms. The first-order chi connectivity index (χ1) is 12.7. The second-order valence-electron chi connectivity index (χ2n) is 7.33. The van der Waals surface area contributed by atoms with Crippen molar-refractivity contribution in [1.29, 1.82) is 0 Å². The average molecular weight is 370 g/mol. The molecular formula is C21H24F2N4. The maximum absolute atomic E-state index is 12.9. The highest BCUT2D eigenvalue weighted by molar-refractivity contribution is 6.11. The van der Waals surface area contributed by atoms with Gasteiger partial charge >= 0.3 is 0 Å². The molecule has 4 nitrogen and oxygen atoms in total. The van der Waals surface area contributed by atoms with Crippen LogP contribution >= 0.6 is 0 Å². The molecule has 6 heteroatoms. The molecule has 2 aromatic rings. The van der Waals surface area contributed by atoms with Crippen molar-refractivity contribution in [3.63, 3.8) is 0 Å². The van der Waals surface area contributed by atoms with Crippen molar-refractivity contribution in [2.75, 3.05) is 5.01 Å². The fourth-order valence-corrected chi connectivity index (χ4v) is 2.98. The van der Waals surface area contributed by atoms with E-state index in [0.29, 0.717) is 5.71 Å². The summed E-state index contributed by atoms with van der Waals surface area (Å²) in [4.78, 5) is 0. The molecule has 0 amide bonds. The predicted octanol–water partition coefficient (Wildman–Crippen LogP) is 5.46. The molecule has 2 heterocycles. The minimum Gasteiger partial charge on any atom is -0.274 e. The van der Waals surface area contributed by atoms with Gasteiger partial charge in [0.05, 0.1) is 23.8 Å². The lowest BCUT2D eigenvalue weighted by Crippen LogP contribution is -2.29. The van der Waals surface area contributed by atoms with Crippen LogP contribution in [0.2, 0.25) is 0 Å². The van der Waals surface area contributed by atoms with Crippen molar-refractivity contribution < 1.29 is 8.78 Å². The highest BCUT2D eigenvalue weighted by Crippen LogP contribution is 2.39. The number of hydrogen-bond acceptors (Lipinski definition) is 3. The summed E-state index contributed by atoms with van der Waals surface area (Å²) in [6.07, 6.45) is 4.05. The molecule has 0 bridgehead atoms. The summed E-state index contributed by atoms with van der Waals surface area (Å²) in [5, 5.41) is 10.7. The zero-order valence-electron chi connectivity index (χ0n) is 16.1. The number of anilines is 1. The molecule has 142 valence electrons. The lowest BCUT2D eigenvalue weighted by molar-refractivity contribution is 0.151. The zero-order chi connectivity index (χ0) is 19.8. The van der Waals surface area contributed by atoms with Gasteiger partial charge in [0.15, 0.2) is 0 Å². The smallest absolute Gasteiger partial charge is 0.263 e. The minimum absolute atomic E-state index is 0.00164. The highest BCUT2D eigenvalue weighted by Gasteiger charge is 2.30. The summed E-state index contributed by atoms with van der Waals surface area (Å²) >= 11 is 0. The lowest BCUT2D eigenvalue weighted by Gasteiger charge is -2.35. The number of allylic oxidation sites excluding steroid dienone is 2. The first-order valence-corrected chi connectivity index (χ1v) is 8.90. The molecule has 0 saturated heterocycles. The molecule has 0 saturated carbocycles. The Balaban J connectivity index is 2.09. The number of aryl methyl sites for hydroxylation is 1. The second kappa shape index (κ2) is 7.10. The molecule has 1 aliphatic heterocycles. The Morgan fingerprint density at radius 2 is 1.85 bits per heavy atom. The molecule has 1 aromatic heterocycles. The molecule has 0 unspecified atom stereocenters. The van der Waals surface area contributed by atoms with E-state index in [0.717, 1.165) is 28.9 Å². The molecule has 0 aliphatic carbocycles. The Morgan fingerprint density at radius 3 is 2.37 bits per heavy atom. The van der Waals surface area contributed by atoms with Gasteiger partial charge in [-0.3, -0.25) is 4.68 Å². The fraction of sp³-hybridized carbons (Fsp3) is 0.333. The fourth-order valence-electron chi connectivity index (χ4n) is 2.98. The Morgan fingerprint density at radius 1 is 1.19 bits per heavy atom. The van der Waals surface area contributed by atoms with E-state index in [2.05, 4.69) is 32.4 Å². The van der Waals surface area contributed by atoms with Gasteiger partial charge < -0.3 is 0 Å². The van der Waals surface area contributed by atoms with Gasteiger partial charge in [-0.25, -0.2) is 13.8 Å². The van der Waals surface area contributed by atoms with Crippen LogP contribution in [0.1, 0.15) is 44.7 Å². The topological polar surface area (TPSA) is 33.4 Å². The van der Waals surface area contributed by atoms with Gasteiger partial charge in [-0.1, -0.05) is 51.6 Å². The summed E-state index contributed by atoms with van der Waals surface area (Å²) in [6, 6.07) is 6.25. The predicted molar refractivity (Wildman–Crippen MR) is 105 cm³/mol. The van der Waals surface area contributed by atoms with Crippen LogP contribution in [-0.4, -0.2) is 15.5 Å². The number of rotatable bonds is 5. The maximum Gasteiger partial charge on any atom is 0.263 e. The molecule has 0 N–H and O–H groups in total. The van der Waals surface area contributed by atoms with E-state index in [9.17, 15) is 8.78 Å². The number of aromatic nitrogens is 2. The third-order valence-corrected chi connectivity index (χ3v) is 5.06. The zero-order valence-corrected chi connectivity index (χ0v) is 16.1. The van der Waals surface area contributed by atoms with Crippen LogP contribution in [0, 0.1) is 5.41 Å². The summed E-state index contributed by atoms with van der Waals surface area (Å²) in [5.41, 5.74) is 4.05. The van der Waals surface area contributed by atoms with Gasteiger partial charge in [-0.05, 0) is 23.5 Å². The Hall–Kier alpha value is -2.76. The van der Waals surface area contributed by atoms with Crippen LogP contribution in [0.5, 0.6) is 0 Å². The van der Waals surface area contributed by atoms with Gasteiger partial charge in [-0.15, -0.1) is 0 Å². The van der Waals surface area contributed by atoms with E-state index >= 15 is 0 Å². The number of hydrogen-bond donors (Lipinski definition) is 0. The van der Waals surface area contributed by atoms with Gasteiger partial charge in [0.1, 0.15) is 5.69 Å². The lowest BCUT2D eigenvalue weighted by atomic mass is 9.78. The number of nitrogens with zero attached hydrogens (tertiary/aromatic N) is 4. The summed E-state index contributed by atoms with van der Waals surface area (Å²) in [6.45, 7) is 10.7. The first-order valence-electron chi connectivity index (χ1n) is 8.90. The van der Waals surface area contributed by atoms with Gasteiger partial charge in [0.2, 0.25) is 0 Å². The van der Waals surface area contributed by atoms with Crippen LogP contribution in [0.25, 0.3) is 0 Å². The van der Waals surface area contributed by atoms with Crippen LogP contribution < -0.4 is 5.01 Å². The molecule has 3 rings (SSSR count). The van der Waals surface area contributed by atoms with Crippen LogP contribution in [0.3, 0.4) is 0 Å². The quantitative estimate of drug-likeness (QED) is 0.700. The second-order valence-corrected chi connectivity index (χ2v) is 7.33. The summed E-state index contributed by atoms with van der Waals surface area (Å²) in [7, 11) is 1.84. The van der Waals surface area contributed by atoms with Crippen LogP contribution in [-0.2, 0) is 7.05 Å². The van der Waals surface area contributed by atoms with Crippen molar-refractivity contribution in [3.05, 3.63) is 71.7 Å². The summed E-state index contributed by atoms with van der Waals surface area (Å²) in [5.74, 6) is 0. The van der Waals surface area contributed by atoms with E-state index in [-0.39, 0.29) is 11.0 Å². The standard InChI is InChI=1S/C21H24F2N4/c1-6-21(3,4)18-11-19(15-7-9-16(10-8-15)20(22)23)25-27(14(18)2)17-12-24-26(5)13-17/h7-13,20H,2,6H2,1,3-5H3. The summed E-state index contributed by atoms with van der Waals surface area (Å²) < 4.78 is 27.4. The van der Waals surface area contributed by atoms with Gasteiger partial charge in [0.25, 0.3) is 6.43 Å². The normalized spacial score (nSPS) is 15.2. The Bertz CT molecular complexity index is 905. The van der Waals surface area contributed by atoms with Gasteiger partial charge in [0, 0.05) is 18.2 Å². The molecule has 1 aromatic carbocycles. The molecular weight excluding hydrogens is 346 g/mol. The minimum atomic E-state index is -2.48. The molecule has 0 radical (unpaired) electrons. The third kappa shape index (κ3) is 3.70. The van der Waals surface area contributed by atoms with Crippen molar-refractivity contribution in [3.8, 4) is 0 Å². The number of alkyl halides is 2. The number of hydrazone groups is 1. The maximum atomic E-state index is 12.9. The Kier molecular flexibility index (Phi) is 5.00. The van der Waals surface area contributed by atoms with E-state index in [1.807, 2.05) is 19.3 Å². The van der Waals surface area contributed by atoms with Crippen molar-refractivity contribution >= 4 is 11.4 Å². The molecule has 0 fully saturated rings. The van der Waals surface area contributed by atoms with Crippen LogP contribution in [0.15, 0.2) is 65.7 Å². The highest BCUT2D eigenvalue weighted by atomic mass is 19.3. The molecule has 1 aliphatic rings. The van der Waals surface area contributed by atoms with E-state index in [1.54, 1.807) is 28.0 Å². The van der Waals surface area contributed by atoms with Crippen molar-refractivity contribution in [1.82, 2.24) is 9.78 Å². The largest absolute Gasteiger partial charge is 0.274 e. The number of benzene rings is 1. The van der Waals surface area contributed by atoms with E-state index in [4.69, 9.17) is 5.10 Å². The van der Waals surface area contributed by atoms with E-state index < -0.39 is 6.43 Å². The molecule has 0 atom stereocenters. The first kappa shape index (κ1) is 19.0. The third-order valence-electron chi connectivity index (χ3n) is 5.06. The Labute approximate surface area is 158 Å². The van der Waals surface area contributed by atoms with E-state index in [1.165, 1.54) is 12.1 Å². The SMILES string of the molecule is C=C1C(C(C)(C)CC)=CC(c2ccc(C(F)F)cc2)=NN1c1cnn(C)c1. The van der Waals surface area contributed by atoms with Crippen molar-refractivity contribution in [2.45, 2.75) is 33.6 Å². The average Bonchev–Trinajstić information content (AvgIpc) is 3.08. The molecule has 0 spiro atoms. The van der Waals surface area contributed by atoms with Crippen molar-refractivity contribution in [2.24, 2.45) is 17.6 Å². The number of halogens is 2. The van der Waals surface area contributed by atoms with Crippen LogP contribution in [0.4, 0.5) is 14.5 Å². The van der Waals surface area contributed by atoms with Gasteiger partial charge in [-0.2, -0.15) is 10.2 Å².